The fraction of sp³-hybridized carbons (Fsp3) is 0.0588. The molecule has 2 aromatic rings. The van der Waals surface area contributed by atoms with Gasteiger partial charge in [-0.1, -0.05) is 29.8 Å². The number of nitrogens with one attached hydrogen (secondary N) is 1. The van der Waals surface area contributed by atoms with Gasteiger partial charge < -0.3 is 10.1 Å². The molecule has 0 aliphatic carbocycles. The Kier molecular flexibility index (Phi) is 5.33. The largest absolute Gasteiger partial charge is 0.464 e. The van der Waals surface area contributed by atoms with E-state index in [1.807, 2.05) is 18.2 Å². The normalized spacial score (nSPS) is 10.9. The van der Waals surface area contributed by atoms with Gasteiger partial charge in [0, 0.05) is 22.3 Å². The molecule has 0 radical (unpaired) electrons. The van der Waals surface area contributed by atoms with Crippen molar-refractivity contribution in [3.8, 4) is 0 Å². The van der Waals surface area contributed by atoms with Crippen LogP contribution in [0.15, 0.2) is 66.4 Å². The minimum atomic E-state index is -0.619. The maximum absolute atomic E-state index is 12.2. The number of benzene rings is 2. The maximum Gasteiger partial charge on any atom is 0.354 e. The van der Waals surface area contributed by atoms with Crippen LogP contribution in [0, 0.1) is 0 Å². The highest BCUT2D eigenvalue weighted by Gasteiger charge is 2.13. The van der Waals surface area contributed by atoms with Gasteiger partial charge in [0.25, 0.3) is 0 Å². The third-order valence-electron chi connectivity index (χ3n) is 2.86. The summed E-state index contributed by atoms with van der Waals surface area (Å²) in [5.74, 6) is -0.938. The third-order valence-corrected chi connectivity index (χ3v) is 3.11. The molecule has 0 aliphatic rings. The summed E-state index contributed by atoms with van der Waals surface area (Å²) < 4.78 is 4.70. The molecule has 0 heterocycles. The average molecular weight is 316 g/mol. The van der Waals surface area contributed by atoms with Gasteiger partial charge >= 0.3 is 5.97 Å². The number of anilines is 1. The topological polar surface area (TPSA) is 55.4 Å². The van der Waals surface area contributed by atoms with Crippen LogP contribution < -0.4 is 5.32 Å². The van der Waals surface area contributed by atoms with Gasteiger partial charge in [-0.05, 0) is 36.4 Å². The van der Waals surface area contributed by atoms with Crippen LogP contribution in [0.4, 0.5) is 5.69 Å². The number of carbonyl (C=O) groups is 2. The van der Waals surface area contributed by atoms with Gasteiger partial charge in [0.1, 0.15) is 5.70 Å². The highest BCUT2D eigenvalue weighted by atomic mass is 35.5. The monoisotopic (exact) mass is 315 g/mol. The number of ether oxygens (including phenoxy) is 1. The second-order valence-electron chi connectivity index (χ2n) is 4.41. The first-order chi connectivity index (χ1) is 10.6. The molecule has 0 fully saturated rings. The van der Waals surface area contributed by atoms with Crippen LogP contribution in [0.25, 0.3) is 0 Å². The summed E-state index contributed by atoms with van der Waals surface area (Å²) in [6.07, 6.45) is 1.21. The minimum Gasteiger partial charge on any atom is -0.464 e. The van der Waals surface area contributed by atoms with E-state index < -0.39 is 5.97 Å². The van der Waals surface area contributed by atoms with Gasteiger partial charge in [0.05, 0.1) is 7.11 Å². The molecule has 0 aromatic heterocycles. The highest BCUT2D eigenvalue weighted by molar-refractivity contribution is 6.30. The maximum atomic E-state index is 12.2. The van der Waals surface area contributed by atoms with Crippen molar-refractivity contribution in [1.29, 1.82) is 0 Å². The lowest BCUT2D eigenvalue weighted by Gasteiger charge is -2.09. The second-order valence-corrected chi connectivity index (χ2v) is 4.85. The standard InChI is InChI=1S/C17H14ClNO3/c1-22-17(21)15(19-14-5-3-2-4-6-14)11-16(20)12-7-9-13(18)10-8-12/h2-11,19H,1H3. The number of hydrogen-bond acceptors (Lipinski definition) is 4. The summed E-state index contributed by atoms with van der Waals surface area (Å²) >= 11 is 5.79. The predicted molar refractivity (Wildman–Crippen MR) is 85.9 cm³/mol. The molecule has 5 heteroatoms. The molecule has 0 saturated carbocycles. The Hall–Kier alpha value is -2.59. The molecule has 0 spiro atoms. The third kappa shape index (κ3) is 4.20. The SMILES string of the molecule is COC(=O)C(=CC(=O)c1ccc(Cl)cc1)Nc1ccccc1. The zero-order valence-corrected chi connectivity index (χ0v) is 12.6. The first kappa shape index (κ1) is 15.8. The molecule has 2 rings (SSSR count). The summed E-state index contributed by atoms with van der Waals surface area (Å²) in [6.45, 7) is 0. The lowest BCUT2D eigenvalue weighted by atomic mass is 10.1. The molecule has 112 valence electrons. The quantitative estimate of drug-likeness (QED) is 0.519. The number of rotatable bonds is 5. The van der Waals surface area contributed by atoms with Gasteiger partial charge in [0.15, 0.2) is 5.78 Å². The first-order valence-electron chi connectivity index (χ1n) is 6.52. The molecule has 0 aliphatic heterocycles. The predicted octanol–water partition coefficient (Wildman–Crippen LogP) is 3.69. The van der Waals surface area contributed by atoms with Crippen molar-refractivity contribution >= 4 is 29.0 Å². The number of methoxy groups -OCH3 is 1. The lowest BCUT2D eigenvalue weighted by molar-refractivity contribution is -0.135. The van der Waals surface area contributed by atoms with Crippen LogP contribution in [-0.2, 0) is 9.53 Å². The Bertz CT molecular complexity index is 694. The van der Waals surface area contributed by atoms with E-state index in [-0.39, 0.29) is 11.5 Å². The Morgan fingerprint density at radius 1 is 1.05 bits per heavy atom. The van der Waals surface area contributed by atoms with Crippen LogP contribution in [0.2, 0.25) is 5.02 Å². The van der Waals surface area contributed by atoms with Crippen LogP contribution in [0.1, 0.15) is 10.4 Å². The van der Waals surface area contributed by atoms with Crippen LogP contribution in [0.3, 0.4) is 0 Å². The molecule has 0 atom stereocenters. The molecule has 0 saturated heterocycles. The number of allylic oxidation sites excluding steroid dienone is 1. The second kappa shape index (κ2) is 7.43. The number of para-hydroxylation sites is 1. The fourth-order valence-corrected chi connectivity index (χ4v) is 1.89. The van der Waals surface area contributed by atoms with Gasteiger partial charge in [-0.15, -0.1) is 0 Å². The van der Waals surface area contributed by atoms with Gasteiger partial charge in [-0.3, -0.25) is 4.79 Å². The van der Waals surface area contributed by atoms with Crippen LogP contribution in [0.5, 0.6) is 0 Å². The van der Waals surface area contributed by atoms with E-state index >= 15 is 0 Å². The number of carbonyl (C=O) groups excluding carboxylic acids is 2. The number of halogens is 1. The van der Waals surface area contributed by atoms with Crippen molar-refractivity contribution in [2.45, 2.75) is 0 Å². The van der Waals surface area contributed by atoms with E-state index in [4.69, 9.17) is 16.3 Å². The van der Waals surface area contributed by atoms with E-state index in [2.05, 4.69) is 5.32 Å². The zero-order chi connectivity index (χ0) is 15.9. The number of esters is 1. The van der Waals surface area contributed by atoms with E-state index in [1.165, 1.54) is 13.2 Å². The van der Waals surface area contributed by atoms with E-state index in [1.54, 1.807) is 36.4 Å². The van der Waals surface area contributed by atoms with E-state index in [0.29, 0.717) is 16.3 Å². The molecule has 1 N–H and O–H groups in total. The highest BCUT2D eigenvalue weighted by Crippen LogP contribution is 2.13. The fourth-order valence-electron chi connectivity index (χ4n) is 1.76. The van der Waals surface area contributed by atoms with E-state index in [0.717, 1.165) is 0 Å². The van der Waals surface area contributed by atoms with Crippen molar-refractivity contribution < 1.29 is 14.3 Å². The summed E-state index contributed by atoms with van der Waals surface area (Å²) in [7, 11) is 1.26. The van der Waals surface area contributed by atoms with Crippen LogP contribution >= 0.6 is 11.6 Å². The molecule has 0 unspecified atom stereocenters. The Labute approximate surface area is 133 Å². The summed E-state index contributed by atoms with van der Waals surface area (Å²) in [6, 6.07) is 15.5. The molecule has 4 nitrogen and oxygen atoms in total. The average Bonchev–Trinajstić information content (AvgIpc) is 2.55. The van der Waals surface area contributed by atoms with Crippen molar-refractivity contribution in [1.82, 2.24) is 0 Å². The molecule has 22 heavy (non-hydrogen) atoms. The van der Waals surface area contributed by atoms with Gasteiger partial charge in [-0.2, -0.15) is 0 Å². The summed E-state index contributed by atoms with van der Waals surface area (Å²) in [4.78, 5) is 24.0. The Morgan fingerprint density at radius 2 is 1.68 bits per heavy atom. The van der Waals surface area contributed by atoms with Gasteiger partial charge in [0.2, 0.25) is 0 Å². The zero-order valence-electron chi connectivity index (χ0n) is 11.9. The van der Waals surface area contributed by atoms with Crippen molar-refractivity contribution in [3.05, 3.63) is 77.0 Å². The Balaban J connectivity index is 2.26. The smallest absolute Gasteiger partial charge is 0.354 e. The van der Waals surface area contributed by atoms with Crippen molar-refractivity contribution in [3.63, 3.8) is 0 Å². The number of hydrogen-bond donors (Lipinski definition) is 1. The molecule has 0 amide bonds. The molecule has 2 aromatic carbocycles. The molecule has 0 bridgehead atoms. The number of ketones is 1. The van der Waals surface area contributed by atoms with Crippen molar-refractivity contribution in [2.75, 3.05) is 12.4 Å². The molecular formula is C17H14ClNO3. The molecular weight excluding hydrogens is 302 g/mol. The van der Waals surface area contributed by atoms with Crippen molar-refractivity contribution in [2.24, 2.45) is 0 Å². The van der Waals surface area contributed by atoms with E-state index in [9.17, 15) is 9.59 Å². The first-order valence-corrected chi connectivity index (χ1v) is 6.90. The minimum absolute atomic E-state index is 0.0636. The lowest BCUT2D eigenvalue weighted by Crippen LogP contribution is -2.15. The Morgan fingerprint density at radius 3 is 2.27 bits per heavy atom. The van der Waals surface area contributed by atoms with Gasteiger partial charge in [-0.25, -0.2) is 4.79 Å². The van der Waals surface area contributed by atoms with Crippen LogP contribution in [-0.4, -0.2) is 18.9 Å². The summed E-state index contributed by atoms with van der Waals surface area (Å²) in [5, 5.41) is 3.42. The summed E-state index contributed by atoms with van der Waals surface area (Å²) in [5.41, 5.74) is 1.18.